The maximum absolute atomic E-state index is 12.0. The fourth-order valence-electron chi connectivity index (χ4n) is 2.38. The van der Waals surface area contributed by atoms with Crippen molar-refractivity contribution in [3.8, 4) is 0 Å². The van der Waals surface area contributed by atoms with E-state index in [0.29, 0.717) is 11.3 Å². The van der Waals surface area contributed by atoms with Crippen molar-refractivity contribution < 1.29 is 14.8 Å². The molecule has 0 saturated carbocycles. The van der Waals surface area contributed by atoms with Crippen LogP contribution in [0.2, 0.25) is 0 Å². The number of nitro benzene ring substituents is 1. The highest BCUT2D eigenvalue weighted by Crippen LogP contribution is 2.25. The summed E-state index contributed by atoms with van der Waals surface area (Å²) < 4.78 is 0. The van der Waals surface area contributed by atoms with Gasteiger partial charge in [0.1, 0.15) is 0 Å². The van der Waals surface area contributed by atoms with Crippen molar-refractivity contribution in [1.82, 2.24) is 5.32 Å². The first-order chi connectivity index (χ1) is 11.4. The minimum atomic E-state index is -0.830. The van der Waals surface area contributed by atoms with Gasteiger partial charge in [0.15, 0.2) is 0 Å². The summed E-state index contributed by atoms with van der Waals surface area (Å²) in [5, 5.41) is 26.2. The Hall–Kier alpha value is -2.93. The number of benzene rings is 2. The number of carbonyl (C=O) groups is 1. The summed E-state index contributed by atoms with van der Waals surface area (Å²) in [7, 11) is 0. The Morgan fingerprint density at radius 1 is 1.21 bits per heavy atom. The summed E-state index contributed by atoms with van der Waals surface area (Å²) >= 11 is 0. The summed E-state index contributed by atoms with van der Waals surface area (Å²) in [5.41, 5.74) is 2.34. The van der Waals surface area contributed by atoms with E-state index in [1.54, 1.807) is 19.1 Å². The van der Waals surface area contributed by atoms with E-state index in [4.69, 9.17) is 0 Å². The number of rotatable bonds is 5. The number of carbonyl (C=O) groups excluding carboxylic acids is 1. The summed E-state index contributed by atoms with van der Waals surface area (Å²) in [5.74, 6) is 0. The second-order valence-electron chi connectivity index (χ2n) is 5.41. The molecule has 7 nitrogen and oxygen atoms in total. The lowest BCUT2D eigenvalue weighted by molar-refractivity contribution is -0.385. The van der Waals surface area contributed by atoms with Gasteiger partial charge in [-0.25, -0.2) is 4.79 Å². The van der Waals surface area contributed by atoms with E-state index in [2.05, 4.69) is 10.6 Å². The van der Waals surface area contributed by atoms with Gasteiger partial charge in [-0.1, -0.05) is 30.3 Å². The fraction of sp³-hybridized carbons (Fsp3) is 0.235. The van der Waals surface area contributed by atoms with Crippen molar-refractivity contribution in [2.45, 2.75) is 20.0 Å². The second-order valence-corrected chi connectivity index (χ2v) is 5.41. The lowest BCUT2D eigenvalue weighted by Crippen LogP contribution is -2.32. The molecule has 7 heteroatoms. The van der Waals surface area contributed by atoms with Crippen LogP contribution >= 0.6 is 0 Å². The number of aliphatic hydroxyl groups excluding tert-OH is 1. The molecule has 2 amide bonds. The van der Waals surface area contributed by atoms with Crippen LogP contribution in [0.5, 0.6) is 0 Å². The number of nitro groups is 1. The van der Waals surface area contributed by atoms with E-state index >= 15 is 0 Å². The van der Waals surface area contributed by atoms with Crippen LogP contribution in [0.15, 0.2) is 42.5 Å². The maximum Gasteiger partial charge on any atom is 0.319 e. The van der Waals surface area contributed by atoms with Gasteiger partial charge in [0.25, 0.3) is 5.69 Å². The Bertz CT molecular complexity index is 761. The molecule has 3 N–H and O–H groups in total. The zero-order valence-electron chi connectivity index (χ0n) is 13.4. The largest absolute Gasteiger partial charge is 0.387 e. The quantitative estimate of drug-likeness (QED) is 0.579. The smallest absolute Gasteiger partial charge is 0.319 e. The molecule has 0 spiro atoms. The van der Waals surface area contributed by atoms with Crippen molar-refractivity contribution in [2.75, 3.05) is 11.9 Å². The van der Waals surface area contributed by atoms with E-state index in [9.17, 15) is 20.0 Å². The molecule has 1 atom stereocenters. The summed E-state index contributed by atoms with van der Waals surface area (Å²) in [4.78, 5) is 22.4. The van der Waals surface area contributed by atoms with E-state index in [0.717, 1.165) is 11.1 Å². The normalized spacial score (nSPS) is 11.6. The average molecular weight is 329 g/mol. The maximum atomic E-state index is 12.0. The van der Waals surface area contributed by atoms with Crippen LogP contribution in [0.3, 0.4) is 0 Å². The Morgan fingerprint density at radius 2 is 1.92 bits per heavy atom. The average Bonchev–Trinajstić information content (AvgIpc) is 2.54. The van der Waals surface area contributed by atoms with Crippen LogP contribution in [0.4, 0.5) is 16.2 Å². The van der Waals surface area contributed by atoms with Gasteiger partial charge in [0.05, 0.1) is 22.3 Å². The third-order valence-corrected chi connectivity index (χ3v) is 3.75. The van der Waals surface area contributed by atoms with Crippen molar-refractivity contribution in [3.63, 3.8) is 0 Å². The highest BCUT2D eigenvalue weighted by Gasteiger charge is 2.16. The lowest BCUT2D eigenvalue weighted by atomic mass is 10.0. The molecule has 0 radical (unpaired) electrons. The molecule has 0 fully saturated rings. The van der Waals surface area contributed by atoms with E-state index in [1.165, 1.54) is 12.1 Å². The van der Waals surface area contributed by atoms with E-state index in [1.807, 2.05) is 25.1 Å². The van der Waals surface area contributed by atoms with Crippen molar-refractivity contribution in [2.24, 2.45) is 0 Å². The molecule has 2 rings (SSSR count). The fourth-order valence-corrected chi connectivity index (χ4v) is 2.38. The van der Waals surface area contributed by atoms with Crippen LogP contribution in [0, 0.1) is 24.0 Å². The number of amides is 2. The van der Waals surface area contributed by atoms with Crippen LogP contribution in [-0.2, 0) is 0 Å². The van der Waals surface area contributed by atoms with Gasteiger partial charge < -0.3 is 15.7 Å². The van der Waals surface area contributed by atoms with E-state index < -0.39 is 17.1 Å². The van der Waals surface area contributed by atoms with Gasteiger partial charge >= 0.3 is 6.03 Å². The van der Waals surface area contributed by atoms with Crippen LogP contribution in [-0.4, -0.2) is 22.6 Å². The molecule has 2 aromatic carbocycles. The first-order valence-electron chi connectivity index (χ1n) is 7.42. The minimum absolute atomic E-state index is 0.0324. The number of aliphatic hydroxyl groups is 1. The standard InChI is InChI=1S/C17H19N3O4/c1-11-6-3-4-7-13(11)16(21)10-18-17(22)19-14-8-5-9-15(12(14)2)20(23)24/h3-9,16,21H,10H2,1-2H3,(H2,18,19,22). The number of hydrogen-bond acceptors (Lipinski definition) is 4. The third-order valence-electron chi connectivity index (χ3n) is 3.75. The number of anilines is 1. The molecule has 0 aliphatic rings. The number of urea groups is 1. The second kappa shape index (κ2) is 7.56. The molecule has 0 heterocycles. The number of aryl methyl sites for hydroxylation is 1. The SMILES string of the molecule is Cc1ccccc1C(O)CNC(=O)Nc1cccc([N+](=O)[O-])c1C. The molecular formula is C17H19N3O4. The molecule has 0 aromatic heterocycles. The Morgan fingerprint density at radius 3 is 2.58 bits per heavy atom. The summed E-state index contributed by atoms with van der Waals surface area (Å²) in [6.45, 7) is 3.48. The molecule has 0 bridgehead atoms. The van der Waals surface area contributed by atoms with Gasteiger partial charge in [0.2, 0.25) is 0 Å². The topological polar surface area (TPSA) is 104 Å². The molecule has 2 aromatic rings. The Balaban J connectivity index is 1.98. The monoisotopic (exact) mass is 329 g/mol. The highest BCUT2D eigenvalue weighted by atomic mass is 16.6. The summed E-state index contributed by atoms with van der Waals surface area (Å²) in [6, 6.07) is 11.3. The predicted octanol–water partition coefficient (Wildman–Crippen LogP) is 3.07. The molecule has 0 saturated heterocycles. The first-order valence-corrected chi connectivity index (χ1v) is 7.42. The van der Waals surface area contributed by atoms with Gasteiger partial charge in [-0.15, -0.1) is 0 Å². The van der Waals surface area contributed by atoms with Crippen LogP contribution < -0.4 is 10.6 Å². The van der Waals surface area contributed by atoms with Crippen molar-refractivity contribution in [1.29, 1.82) is 0 Å². The molecule has 0 aliphatic carbocycles. The van der Waals surface area contributed by atoms with Crippen molar-refractivity contribution >= 4 is 17.4 Å². The molecular weight excluding hydrogens is 310 g/mol. The minimum Gasteiger partial charge on any atom is -0.387 e. The number of nitrogens with one attached hydrogen (secondary N) is 2. The number of nitrogens with zero attached hydrogens (tertiary/aromatic N) is 1. The van der Waals surface area contributed by atoms with Gasteiger partial charge in [-0.05, 0) is 31.0 Å². The van der Waals surface area contributed by atoms with Gasteiger partial charge in [-0.2, -0.15) is 0 Å². The summed E-state index contributed by atoms with van der Waals surface area (Å²) in [6.07, 6.45) is -0.830. The highest BCUT2D eigenvalue weighted by molar-refractivity contribution is 5.90. The Kier molecular flexibility index (Phi) is 5.49. The Labute approximate surface area is 139 Å². The zero-order chi connectivity index (χ0) is 17.7. The first kappa shape index (κ1) is 17.4. The molecule has 24 heavy (non-hydrogen) atoms. The van der Waals surface area contributed by atoms with Crippen molar-refractivity contribution in [3.05, 3.63) is 69.3 Å². The molecule has 126 valence electrons. The van der Waals surface area contributed by atoms with Gasteiger partial charge in [-0.3, -0.25) is 10.1 Å². The number of hydrogen-bond donors (Lipinski definition) is 3. The van der Waals surface area contributed by atoms with E-state index in [-0.39, 0.29) is 12.2 Å². The third kappa shape index (κ3) is 4.08. The lowest BCUT2D eigenvalue weighted by Gasteiger charge is -2.15. The zero-order valence-corrected chi connectivity index (χ0v) is 13.4. The molecule has 0 aliphatic heterocycles. The molecule has 1 unspecified atom stereocenters. The van der Waals surface area contributed by atoms with Crippen LogP contribution in [0.1, 0.15) is 22.8 Å². The van der Waals surface area contributed by atoms with Crippen LogP contribution in [0.25, 0.3) is 0 Å². The van der Waals surface area contributed by atoms with Gasteiger partial charge in [0, 0.05) is 12.6 Å². The predicted molar refractivity (Wildman–Crippen MR) is 91.0 cm³/mol.